The SMILES string of the molecule is C=C1c2cc(-c3ccc4c5ccc6c7ccccc7oc6c5n(-c5ccccc5)c4c3)ccc2N(c2ccccc2)/C=C\c2c1c1ccccc1n2-c1ccccc1. The maximum absolute atomic E-state index is 6.66. The summed E-state index contributed by atoms with van der Waals surface area (Å²) in [6.07, 6.45) is 4.45. The van der Waals surface area contributed by atoms with E-state index in [1.165, 1.54) is 10.8 Å². The Morgan fingerprint density at radius 1 is 0.448 bits per heavy atom. The van der Waals surface area contributed by atoms with Crippen LogP contribution in [0.1, 0.15) is 16.8 Å². The first-order valence-corrected chi connectivity index (χ1v) is 19.7. The van der Waals surface area contributed by atoms with Gasteiger partial charge in [0.05, 0.1) is 27.9 Å². The Hall–Kier alpha value is -7.82. The molecule has 4 heteroatoms. The van der Waals surface area contributed by atoms with E-state index < -0.39 is 0 Å². The molecular weight excluding hydrogens is 707 g/mol. The third-order valence-corrected chi connectivity index (χ3v) is 11.8. The highest BCUT2D eigenvalue weighted by Gasteiger charge is 2.26. The fourth-order valence-corrected chi connectivity index (χ4v) is 9.23. The van der Waals surface area contributed by atoms with Crippen LogP contribution in [0.25, 0.3) is 88.8 Å². The average Bonchev–Trinajstić information content (AvgIpc) is 3.94. The van der Waals surface area contributed by atoms with Gasteiger partial charge in [0, 0.05) is 61.3 Å². The molecule has 272 valence electrons. The molecule has 0 saturated heterocycles. The largest absolute Gasteiger partial charge is 0.454 e. The van der Waals surface area contributed by atoms with Crippen LogP contribution in [0.4, 0.5) is 11.4 Å². The summed E-state index contributed by atoms with van der Waals surface area (Å²) in [7, 11) is 0. The zero-order valence-corrected chi connectivity index (χ0v) is 31.5. The van der Waals surface area contributed by atoms with Gasteiger partial charge in [-0.3, -0.25) is 0 Å². The van der Waals surface area contributed by atoms with Crippen molar-refractivity contribution in [3.05, 3.63) is 218 Å². The highest BCUT2D eigenvalue weighted by molar-refractivity contribution is 6.22. The summed E-state index contributed by atoms with van der Waals surface area (Å²) in [6.45, 7) is 4.91. The van der Waals surface area contributed by atoms with Crippen LogP contribution in [-0.2, 0) is 0 Å². The van der Waals surface area contributed by atoms with Crippen LogP contribution in [0.2, 0.25) is 0 Å². The fraction of sp³-hybridized carbons (Fsp3) is 0. The minimum atomic E-state index is 0.894. The van der Waals surface area contributed by atoms with E-state index >= 15 is 0 Å². The van der Waals surface area contributed by atoms with E-state index in [9.17, 15) is 0 Å². The van der Waals surface area contributed by atoms with E-state index in [-0.39, 0.29) is 0 Å². The van der Waals surface area contributed by atoms with Gasteiger partial charge in [0.2, 0.25) is 0 Å². The molecule has 0 fully saturated rings. The summed E-state index contributed by atoms with van der Waals surface area (Å²) in [6, 6.07) is 67.0. The topological polar surface area (TPSA) is 26.2 Å². The van der Waals surface area contributed by atoms with Gasteiger partial charge >= 0.3 is 0 Å². The Morgan fingerprint density at radius 3 is 1.83 bits per heavy atom. The first-order valence-electron chi connectivity index (χ1n) is 19.7. The van der Waals surface area contributed by atoms with Crippen molar-refractivity contribution in [2.45, 2.75) is 0 Å². The second-order valence-corrected chi connectivity index (χ2v) is 15.0. The van der Waals surface area contributed by atoms with E-state index in [1.807, 2.05) is 6.07 Å². The predicted molar refractivity (Wildman–Crippen MR) is 243 cm³/mol. The van der Waals surface area contributed by atoms with E-state index in [4.69, 9.17) is 11.0 Å². The molecule has 0 N–H and O–H groups in total. The summed E-state index contributed by atoms with van der Waals surface area (Å²) < 4.78 is 11.4. The van der Waals surface area contributed by atoms with Crippen molar-refractivity contribution >= 4 is 77.7 Å². The first kappa shape index (κ1) is 32.4. The van der Waals surface area contributed by atoms with Gasteiger partial charge in [0.15, 0.2) is 5.58 Å². The maximum atomic E-state index is 6.66. The highest BCUT2D eigenvalue weighted by Crippen LogP contribution is 2.46. The molecule has 4 nitrogen and oxygen atoms in total. The van der Waals surface area contributed by atoms with Crippen molar-refractivity contribution in [1.82, 2.24) is 9.13 Å². The molecule has 0 atom stereocenters. The number of rotatable bonds is 4. The molecule has 0 saturated carbocycles. The average molecular weight is 742 g/mol. The lowest BCUT2D eigenvalue weighted by Gasteiger charge is -2.27. The lowest BCUT2D eigenvalue weighted by Crippen LogP contribution is -2.13. The number of fused-ring (bicyclic) bond motifs is 11. The third-order valence-electron chi connectivity index (χ3n) is 11.8. The van der Waals surface area contributed by atoms with Crippen molar-refractivity contribution in [3.63, 3.8) is 0 Å². The van der Waals surface area contributed by atoms with Crippen LogP contribution in [0.5, 0.6) is 0 Å². The number of nitrogens with zero attached hydrogens (tertiary/aromatic N) is 3. The Morgan fingerprint density at radius 2 is 1.05 bits per heavy atom. The van der Waals surface area contributed by atoms with Gasteiger partial charge in [-0.2, -0.15) is 0 Å². The van der Waals surface area contributed by atoms with E-state index in [2.05, 4.69) is 208 Å². The normalized spacial score (nSPS) is 13.3. The van der Waals surface area contributed by atoms with Crippen LogP contribution in [-0.4, -0.2) is 9.13 Å². The number of benzene rings is 8. The Balaban J connectivity index is 1.10. The van der Waals surface area contributed by atoms with Gasteiger partial charge in [-0.25, -0.2) is 0 Å². The number of hydrogen-bond acceptors (Lipinski definition) is 2. The second-order valence-electron chi connectivity index (χ2n) is 15.0. The zero-order chi connectivity index (χ0) is 38.3. The van der Waals surface area contributed by atoms with Gasteiger partial charge < -0.3 is 18.5 Å². The highest BCUT2D eigenvalue weighted by atomic mass is 16.3. The molecule has 0 spiro atoms. The minimum absolute atomic E-state index is 0.894. The zero-order valence-electron chi connectivity index (χ0n) is 31.5. The molecule has 0 amide bonds. The summed E-state index contributed by atoms with van der Waals surface area (Å²) in [4.78, 5) is 2.29. The standard InChI is InChI=1S/C54H35N3O/c1-35-46-33-36(37-25-27-41-43-28-29-44-42-21-12-14-24-51(42)58-54(44)53(43)57(50(41)34-37)40-19-9-4-10-20-40)26-30-47(46)55(38-15-5-2-6-16-38)32-31-49-52(35)45-22-11-13-23-48(45)56(49)39-17-7-3-8-18-39/h2-34H,1H2/b32-31-. The molecule has 0 bridgehead atoms. The summed E-state index contributed by atoms with van der Waals surface area (Å²) in [5.74, 6) is 0. The van der Waals surface area contributed by atoms with E-state index in [0.29, 0.717) is 0 Å². The molecule has 11 aromatic rings. The molecule has 1 aliphatic heterocycles. The van der Waals surface area contributed by atoms with Crippen molar-refractivity contribution in [2.75, 3.05) is 4.90 Å². The van der Waals surface area contributed by atoms with Crippen molar-refractivity contribution in [1.29, 1.82) is 0 Å². The van der Waals surface area contributed by atoms with Gasteiger partial charge in [-0.15, -0.1) is 0 Å². The molecule has 58 heavy (non-hydrogen) atoms. The van der Waals surface area contributed by atoms with Crippen LogP contribution in [0, 0.1) is 0 Å². The number of anilines is 2. The van der Waals surface area contributed by atoms with Crippen molar-refractivity contribution in [3.8, 4) is 22.5 Å². The van der Waals surface area contributed by atoms with Gasteiger partial charge in [-0.05, 0) is 95.6 Å². The first-order chi connectivity index (χ1) is 28.7. The second kappa shape index (κ2) is 12.6. The van der Waals surface area contributed by atoms with Gasteiger partial charge in [0.25, 0.3) is 0 Å². The van der Waals surface area contributed by atoms with E-state index in [1.54, 1.807) is 0 Å². The van der Waals surface area contributed by atoms with Crippen LogP contribution in [0.15, 0.2) is 205 Å². The molecular formula is C54H35N3O. The Bertz CT molecular complexity index is 3460. The number of aromatic nitrogens is 2. The molecule has 3 aromatic heterocycles. The maximum Gasteiger partial charge on any atom is 0.160 e. The third kappa shape index (κ3) is 4.76. The number of furan rings is 1. The molecule has 0 aliphatic carbocycles. The van der Waals surface area contributed by atoms with Crippen molar-refractivity contribution < 1.29 is 4.42 Å². The lowest BCUT2D eigenvalue weighted by atomic mass is 9.91. The van der Waals surface area contributed by atoms with Crippen LogP contribution in [0.3, 0.4) is 0 Å². The minimum Gasteiger partial charge on any atom is -0.454 e. The summed E-state index contributed by atoms with van der Waals surface area (Å²) >= 11 is 0. The lowest BCUT2D eigenvalue weighted by molar-refractivity contribution is 0.671. The predicted octanol–water partition coefficient (Wildman–Crippen LogP) is 14.5. The fourth-order valence-electron chi connectivity index (χ4n) is 9.23. The van der Waals surface area contributed by atoms with Crippen molar-refractivity contribution in [2.24, 2.45) is 0 Å². The quantitative estimate of drug-likeness (QED) is 0.180. The van der Waals surface area contributed by atoms with Gasteiger partial charge in [-0.1, -0.05) is 122 Å². The molecule has 0 radical (unpaired) electrons. The van der Waals surface area contributed by atoms with E-state index in [0.717, 1.165) is 100 Å². The molecule has 8 aromatic carbocycles. The number of para-hydroxylation sites is 5. The monoisotopic (exact) mass is 741 g/mol. The van der Waals surface area contributed by atoms with Gasteiger partial charge in [0.1, 0.15) is 5.58 Å². The number of hydrogen-bond donors (Lipinski definition) is 0. The molecule has 12 rings (SSSR count). The summed E-state index contributed by atoms with van der Waals surface area (Å²) in [5.41, 5.74) is 16.0. The van der Waals surface area contributed by atoms with Crippen LogP contribution < -0.4 is 4.90 Å². The molecule has 4 heterocycles. The molecule has 1 aliphatic rings. The Labute approximate surface area is 335 Å². The van der Waals surface area contributed by atoms with Crippen LogP contribution >= 0.6 is 0 Å². The Kier molecular flexibility index (Phi) is 7.05. The smallest absolute Gasteiger partial charge is 0.160 e. The summed E-state index contributed by atoms with van der Waals surface area (Å²) in [5, 5.41) is 5.76. The molecule has 0 unspecified atom stereocenters.